The van der Waals surface area contributed by atoms with E-state index in [1.807, 2.05) is 5.32 Å². The molecule has 23 heavy (non-hydrogen) atoms. The van der Waals surface area contributed by atoms with Gasteiger partial charge >= 0.3 is 18.4 Å². The Kier molecular flexibility index (Phi) is 5.79. The molecule has 0 aromatic heterocycles. The van der Waals surface area contributed by atoms with E-state index < -0.39 is 30.3 Å². The molecule has 0 bridgehead atoms. The molecule has 1 aromatic carbocycles. The second-order valence-electron chi connectivity index (χ2n) is 4.69. The Balaban J connectivity index is 2.84. The quantitative estimate of drug-likeness (QED) is 0.765. The number of halogens is 7. The van der Waals surface area contributed by atoms with Crippen LogP contribution in [0.4, 0.5) is 31.1 Å². The zero-order valence-corrected chi connectivity index (χ0v) is 12.5. The third kappa shape index (κ3) is 4.43. The van der Waals surface area contributed by atoms with E-state index in [1.54, 1.807) is 0 Å². The van der Waals surface area contributed by atoms with Gasteiger partial charge in [0.1, 0.15) is 0 Å². The molecule has 0 aliphatic carbocycles. The van der Waals surface area contributed by atoms with Crippen molar-refractivity contribution in [2.24, 2.45) is 0 Å². The monoisotopic (exact) mass is 362 g/mol. The predicted octanol–water partition coefficient (Wildman–Crippen LogP) is 4.41. The van der Waals surface area contributed by atoms with Crippen LogP contribution in [0.1, 0.15) is 18.9 Å². The van der Waals surface area contributed by atoms with Crippen molar-refractivity contribution in [3.8, 4) is 0 Å². The summed E-state index contributed by atoms with van der Waals surface area (Å²) >= 11 is 5.63. The summed E-state index contributed by atoms with van der Waals surface area (Å²) in [5, 5.41) is 3.37. The standard InChI is InChI=1S/C13H13ClF6N2O/c1-2-11(12(15,16)17,13(18,19)20)22-10(23)21-7-8-3-5-9(14)6-4-8/h3-6H,2,7H2,1H3,(H2,21,22,23). The Morgan fingerprint density at radius 2 is 1.52 bits per heavy atom. The highest BCUT2D eigenvalue weighted by molar-refractivity contribution is 6.30. The second kappa shape index (κ2) is 6.86. The van der Waals surface area contributed by atoms with Gasteiger partial charge in [0.25, 0.3) is 0 Å². The molecule has 0 heterocycles. The lowest BCUT2D eigenvalue weighted by Gasteiger charge is -2.37. The maximum absolute atomic E-state index is 12.9. The molecule has 0 radical (unpaired) electrons. The lowest BCUT2D eigenvalue weighted by atomic mass is 9.94. The second-order valence-corrected chi connectivity index (χ2v) is 5.12. The normalized spacial score (nSPS) is 12.9. The first-order valence-corrected chi connectivity index (χ1v) is 6.74. The minimum absolute atomic E-state index is 0.251. The van der Waals surface area contributed by atoms with E-state index in [4.69, 9.17) is 11.6 Å². The van der Waals surface area contributed by atoms with Crippen molar-refractivity contribution in [1.29, 1.82) is 0 Å². The first-order chi connectivity index (χ1) is 10.4. The zero-order valence-electron chi connectivity index (χ0n) is 11.8. The van der Waals surface area contributed by atoms with Gasteiger partial charge in [0.15, 0.2) is 0 Å². The maximum Gasteiger partial charge on any atom is 0.420 e. The van der Waals surface area contributed by atoms with Crippen molar-refractivity contribution in [2.45, 2.75) is 37.8 Å². The van der Waals surface area contributed by atoms with Gasteiger partial charge in [-0.1, -0.05) is 30.7 Å². The molecular formula is C13H13ClF6N2O. The Labute approximate surface area is 133 Å². The number of hydrogen-bond acceptors (Lipinski definition) is 1. The summed E-state index contributed by atoms with van der Waals surface area (Å²) in [5.74, 6) is 0. The lowest BCUT2D eigenvalue weighted by Crippen LogP contribution is -2.68. The first-order valence-electron chi connectivity index (χ1n) is 6.37. The molecular weight excluding hydrogens is 350 g/mol. The summed E-state index contributed by atoms with van der Waals surface area (Å²) in [4.78, 5) is 11.5. The van der Waals surface area contributed by atoms with E-state index >= 15 is 0 Å². The van der Waals surface area contributed by atoms with Crippen LogP contribution in [0.25, 0.3) is 0 Å². The van der Waals surface area contributed by atoms with Crippen LogP contribution in [0.15, 0.2) is 24.3 Å². The van der Waals surface area contributed by atoms with Crippen molar-refractivity contribution >= 4 is 17.6 Å². The predicted molar refractivity (Wildman–Crippen MR) is 72.0 cm³/mol. The SMILES string of the molecule is CCC(NC(=O)NCc1ccc(Cl)cc1)(C(F)(F)F)C(F)(F)F. The highest BCUT2D eigenvalue weighted by Crippen LogP contribution is 2.45. The van der Waals surface area contributed by atoms with Crippen LogP contribution in [-0.4, -0.2) is 23.9 Å². The number of rotatable bonds is 4. The molecule has 0 aliphatic heterocycles. The Morgan fingerprint density at radius 3 is 1.91 bits per heavy atom. The summed E-state index contributed by atoms with van der Waals surface area (Å²) in [6.07, 6.45) is -12.7. The molecule has 3 nitrogen and oxygen atoms in total. The van der Waals surface area contributed by atoms with E-state index in [1.165, 1.54) is 24.3 Å². The highest BCUT2D eigenvalue weighted by Gasteiger charge is 2.70. The summed E-state index contributed by atoms with van der Waals surface area (Å²) in [6, 6.07) is 4.32. The number of amides is 2. The van der Waals surface area contributed by atoms with Gasteiger partial charge < -0.3 is 10.6 Å². The molecule has 0 aliphatic rings. The molecule has 2 N–H and O–H groups in total. The third-order valence-electron chi connectivity index (χ3n) is 3.19. The summed E-state index contributed by atoms with van der Waals surface area (Å²) < 4.78 is 77.2. The van der Waals surface area contributed by atoms with Crippen molar-refractivity contribution in [3.63, 3.8) is 0 Å². The average Bonchev–Trinajstić information content (AvgIpc) is 2.41. The van der Waals surface area contributed by atoms with E-state index in [0.29, 0.717) is 17.5 Å². The number of alkyl halides is 6. The molecule has 1 rings (SSSR count). The molecule has 0 saturated heterocycles. The molecule has 0 saturated carbocycles. The molecule has 2 amide bonds. The number of hydrogen-bond donors (Lipinski definition) is 2. The summed E-state index contributed by atoms with van der Waals surface area (Å²) in [6.45, 7) is 0.443. The van der Waals surface area contributed by atoms with Crippen LogP contribution in [0, 0.1) is 0 Å². The van der Waals surface area contributed by atoms with Crippen molar-refractivity contribution < 1.29 is 31.1 Å². The van der Waals surface area contributed by atoms with Gasteiger partial charge in [-0.25, -0.2) is 4.79 Å². The Hall–Kier alpha value is -1.64. The van der Waals surface area contributed by atoms with Gasteiger partial charge in [-0.15, -0.1) is 0 Å². The number of urea groups is 1. The van der Waals surface area contributed by atoms with Gasteiger partial charge in [-0.2, -0.15) is 26.3 Å². The van der Waals surface area contributed by atoms with Crippen LogP contribution in [0.2, 0.25) is 5.02 Å². The average molecular weight is 363 g/mol. The summed E-state index contributed by atoms with van der Waals surface area (Å²) in [5.41, 5.74) is -3.84. The number of carbonyl (C=O) groups is 1. The molecule has 130 valence electrons. The number of benzene rings is 1. The Bertz CT molecular complexity index is 527. The molecule has 0 atom stereocenters. The van der Waals surface area contributed by atoms with Crippen LogP contribution in [0.3, 0.4) is 0 Å². The smallest absolute Gasteiger partial charge is 0.334 e. The molecule has 0 spiro atoms. The minimum atomic E-state index is -5.68. The molecule has 1 aromatic rings. The largest absolute Gasteiger partial charge is 0.420 e. The van der Waals surface area contributed by atoms with Crippen LogP contribution >= 0.6 is 11.6 Å². The topological polar surface area (TPSA) is 41.1 Å². The van der Waals surface area contributed by atoms with Crippen LogP contribution in [-0.2, 0) is 6.54 Å². The molecule has 0 unspecified atom stereocenters. The van der Waals surface area contributed by atoms with E-state index in [0.717, 1.165) is 5.32 Å². The van der Waals surface area contributed by atoms with Gasteiger partial charge in [-0.05, 0) is 24.1 Å². The fraction of sp³-hybridized carbons (Fsp3) is 0.462. The molecule has 10 heteroatoms. The van der Waals surface area contributed by atoms with Crippen LogP contribution in [0.5, 0.6) is 0 Å². The maximum atomic E-state index is 12.9. The van der Waals surface area contributed by atoms with E-state index in [9.17, 15) is 31.1 Å². The fourth-order valence-electron chi connectivity index (χ4n) is 1.81. The number of nitrogens with one attached hydrogen (secondary N) is 2. The van der Waals surface area contributed by atoms with Crippen molar-refractivity contribution in [2.75, 3.05) is 0 Å². The van der Waals surface area contributed by atoms with Gasteiger partial charge in [-0.3, -0.25) is 0 Å². The lowest BCUT2D eigenvalue weighted by molar-refractivity contribution is -0.304. The van der Waals surface area contributed by atoms with Crippen molar-refractivity contribution in [3.05, 3.63) is 34.9 Å². The van der Waals surface area contributed by atoms with E-state index in [-0.39, 0.29) is 6.54 Å². The summed E-state index contributed by atoms with van der Waals surface area (Å²) in [7, 11) is 0. The first kappa shape index (κ1) is 19.4. The zero-order chi connectivity index (χ0) is 17.9. The van der Waals surface area contributed by atoms with Gasteiger partial charge in [0.2, 0.25) is 5.54 Å². The third-order valence-corrected chi connectivity index (χ3v) is 3.44. The van der Waals surface area contributed by atoms with E-state index in [2.05, 4.69) is 0 Å². The molecule has 0 fully saturated rings. The van der Waals surface area contributed by atoms with Crippen molar-refractivity contribution in [1.82, 2.24) is 10.6 Å². The highest BCUT2D eigenvalue weighted by atomic mass is 35.5. The van der Waals surface area contributed by atoms with Gasteiger partial charge in [0, 0.05) is 11.6 Å². The number of carbonyl (C=O) groups excluding carboxylic acids is 1. The van der Waals surface area contributed by atoms with Gasteiger partial charge in [0.05, 0.1) is 0 Å². The minimum Gasteiger partial charge on any atom is -0.334 e. The fourth-order valence-corrected chi connectivity index (χ4v) is 1.94. The Morgan fingerprint density at radius 1 is 1.04 bits per heavy atom. The van der Waals surface area contributed by atoms with Crippen LogP contribution < -0.4 is 10.6 Å².